The summed E-state index contributed by atoms with van der Waals surface area (Å²) in [5.74, 6) is 2.80. The van der Waals surface area contributed by atoms with Crippen LogP contribution in [0.15, 0.2) is 30.3 Å². The molecule has 0 N–H and O–H groups in total. The van der Waals surface area contributed by atoms with Crippen LogP contribution in [0, 0.1) is 0 Å². The van der Waals surface area contributed by atoms with E-state index >= 15 is 0 Å². The van der Waals surface area contributed by atoms with Gasteiger partial charge in [0.15, 0.2) is 0 Å². The SMILES string of the molecule is CCCCn1c(-c2cc(C(C)(C)C)cc(C(C)(C)C)c2OC)nc2ccc(OCCCN(CC)CC)cc21. The largest absolute Gasteiger partial charge is 0.496 e. The molecular formula is C33H51N3O2. The maximum atomic E-state index is 6.21. The Morgan fingerprint density at radius 1 is 0.895 bits per heavy atom. The molecule has 0 fully saturated rings. The number of unbranched alkanes of at least 4 members (excludes halogenated alkanes) is 1. The van der Waals surface area contributed by atoms with Crippen LogP contribution >= 0.6 is 0 Å². The van der Waals surface area contributed by atoms with Crippen LogP contribution in [0.5, 0.6) is 11.5 Å². The predicted octanol–water partition coefficient (Wildman–Crippen LogP) is 8.22. The quantitative estimate of drug-likeness (QED) is 0.225. The summed E-state index contributed by atoms with van der Waals surface area (Å²) < 4.78 is 14.7. The molecule has 0 spiro atoms. The van der Waals surface area contributed by atoms with Crippen molar-refractivity contribution in [3.63, 3.8) is 0 Å². The highest BCUT2D eigenvalue weighted by molar-refractivity contribution is 5.84. The Kier molecular flexibility index (Phi) is 9.91. The van der Waals surface area contributed by atoms with Gasteiger partial charge < -0.3 is 18.9 Å². The molecule has 0 bridgehead atoms. The van der Waals surface area contributed by atoms with Crippen molar-refractivity contribution in [2.24, 2.45) is 0 Å². The average molecular weight is 522 g/mol. The normalized spacial score (nSPS) is 12.5. The van der Waals surface area contributed by atoms with Crippen LogP contribution in [-0.4, -0.2) is 47.8 Å². The first-order valence-electron chi connectivity index (χ1n) is 14.5. The summed E-state index contributed by atoms with van der Waals surface area (Å²) in [7, 11) is 1.79. The molecule has 2 aromatic carbocycles. The van der Waals surface area contributed by atoms with Crippen LogP contribution in [0.2, 0.25) is 0 Å². The van der Waals surface area contributed by atoms with Crippen molar-refractivity contribution in [2.45, 2.75) is 99.0 Å². The maximum absolute atomic E-state index is 6.21. The fourth-order valence-corrected chi connectivity index (χ4v) is 4.96. The van der Waals surface area contributed by atoms with Gasteiger partial charge in [-0.15, -0.1) is 0 Å². The molecule has 0 radical (unpaired) electrons. The minimum Gasteiger partial charge on any atom is -0.496 e. The lowest BCUT2D eigenvalue weighted by atomic mass is 9.78. The third kappa shape index (κ3) is 6.91. The molecule has 0 saturated carbocycles. The summed E-state index contributed by atoms with van der Waals surface area (Å²) in [6.07, 6.45) is 3.22. The van der Waals surface area contributed by atoms with E-state index < -0.39 is 0 Å². The van der Waals surface area contributed by atoms with Crippen molar-refractivity contribution in [1.29, 1.82) is 0 Å². The summed E-state index contributed by atoms with van der Waals surface area (Å²) in [6, 6.07) is 11.0. The van der Waals surface area contributed by atoms with Gasteiger partial charge in [0.25, 0.3) is 0 Å². The summed E-state index contributed by atoms with van der Waals surface area (Å²) in [5.41, 5.74) is 5.64. The van der Waals surface area contributed by atoms with Gasteiger partial charge >= 0.3 is 0 Å². The Morgan fingerprint density at radius 3 is 2.18 bits per heavy atom. The second-order valence-electron chi connectivity index (χ2n) is 12.4. The molecule has 5 nitrogen and oxygen atoms in total. The topological polar surface area (TPSA) is 39.5 Å². The van der Waals surface area contributed by atoms with E-state index in [1.54, 1.807) is 7.11 Å². The minimum atomic E-state index is -0.0617. The summed E-state index contributed by atoms with van der Waals surface area (Å²) in [4.78, 5) is 7.63. The highest BCUT2D eigenvalue weighted by atomic mass is 16.5. The van der Waals surface area contributed by atoms with Crippen molar-refractivity contribution < 1.29 is 9.47 Å². The van der Waals surface area contributed by atoms with Crippen molar-refractivity contribution in [3.8, 4) is 22.9 Å². The average Bonchev–Trinajstić information content (AvgIpc) is 3.23. The zero-order chi connectivity index (χ0) is 28.1. The molecular weight excluding hydrogens is 470 g/mol. The van der Waals surface area contributed by atoms with Gasteiger partial charge in [0, 0.05) is 24.7 Å². The molecule has 0 unspecified atom stereocenters. The van der Waals surface area contributed by atoms with Gasteiger partial charge in [-0.2, -0.15) is 0 Å². The number of methoxy groups -OCH3 is 1. The van der Waals surface area contributed by atoms with Gasteiger partial charge in [0.05, 0.1) is 30.3 Å². The fourth-order valence-electron chi connectivity index (χ4n) is 4.96. The Labute approximate surface area is 231 Å². The molecule has 0 aliphatic rings. The summed E-state index contributed by atoms with van der Waals surface area (Å²) >= 11 is 0. The van der Waals surface area contributed by atoms with E-state index in [-0.39, 0.29) is 10.8 Å². The van der Waals surface area contributed by atoms with Gasteiger partial charge in [-0.3, -0.25) is 0 Å². The number of rotatable bonds is 12. The molecule has 0 aliphatic heterocycles. The van der Waals surface area contributed by atoms with Crippen LogP contribution in [0.1, 0.15) is 92.7 Å². The highest BCUT2D eigenvalue weighted by Gasteiger charge is 2.28. The first-order valence-corrected chi connectivity index (χ1v) is 14.5. The van der Waals surface area contributed by atoms with E-state index in [1.165, 1.54) is 11.1 Å². The molecule has 0 amide bonds. The number of imidazole rings is 1. The van der Waals surface area contributed by atoms with Gasteiger partial charge in [0.1, 0.15) is 17.3 Å². The molecule has 5 heteroatoms. The lowest BCUT2D eigenvalue weighted by molar-refractivity contribution is 0.249. The van der Waals surface area contributed by atoms with Crippen LogP contribution < -0.4 is 9.47 Å². The molecule has 3 aromatic rings. The third-order valence-electron chi connectivity index (χ3n) is 7.44. The molecule has 1 heterocycles. The van der Waals surface area contributed by atoms with E-state index in [4.69, 9.17) is 14.5 Å². The zero-order valence-electron chi connectivity index (χ0n) is 25.7. The number of aromatic nitrogens is 2. The van der Waals surface area contributed by atoms with Gasteiger partial charge in [-0.05, 0) is 60.5 Å². The maximum Gasteiger partial charge on any atom is 0.144 e. The molecule has 3 rings (SSSR count). The Balaban J connectivity index is 2.11. The lowest BCUT2D eigenvalue weighted by Crippen LogP contribution is -2.25. The van der Waals surface area contributed by atoms with Gasteiger partial charge in [-0.1, -0.05) is 74.8 Å². The molecule has 1 aromatic heterocycles. The Hall–Kier alpha value is -2.53. The molecule has 38 heavy (non-hydrogen) atoms. The molecule has 210 valence electrons. The van der Waals surface area contributed by atoms with Crippen LogP contribution in [0.4, 0.5) is 0 Å². The van der Waals surface area contributed by atoms with Crippen LogP contribution in [-0.2, 0) is 17.4 Å². The third-order valence-corrected chi connectivity index (χ3v) is 7.44. The predicted molar refractivity (Wildman–Crippen MR) is 162 cm³/mol. The first kappa shape index (κ1) is 30.0. The highest BCUT2D eigenvalue weighted by Crippen LogP contribution is 2.43. The number of nitrogens with zero attached hydrogens (tertiary/aromatic N) is 3. The van der Waals surface area contributed by atoms with Crippen LogP contribution in [0.3, 0.4) is 0 Å². The first-order chi connectivity index (χ1) is 17.9. The van der Waals surface area contributed by atoms with E-state index in [0.29, 0.717) is 6.61 Å². The minimum absolute atomic E-state index is 0.00737. The molecule has 0 atom stereocenters. The summed E-state index contributed by atoms with van der Waals surface area (Å²) in [6.45, 7) is 25.1. The van der Waals surface area contributed by atoms with E-state index in [1.807, 2.05) is 0 Å². The molecule has 0 saturated heterocycles. The smallest absolute Gasteiger partial charge is 0.144 e. The monoisotopic (exact) mass is 521 g/mol. The number of fused-ring (bicyclic) bond motifs is 1. The fraction of sp³-hybridized carbons (Fsp3) is 0.606. The Morgan fingerprint density at radius 2 is 1.61 bits per heavy atom. The standard InChI is InChI=1S/C33H51N3O2/c1-11-14-19-36-29-23-25(38-20-15-18-35(12-2)13-3)16-17-28(29)34-31(36)26-21-24(32(4,5)6)22-27(30(26)37-10)33(7,8)9/h16-17,21-23H,11-15,18-20H2,1-10H3. The van der Waals surface area contributed by atoms with E-state index in [9.17, 15) is 0 Å². The van der Waals surface area contributed by atoms with E-state index in [2.05, 4.69) is 102 Å². The number of aryl methyl sites for hydroxylation is 1. The zero-order valence-corrected chi connectivity index (χ0v) is 25.7. The Bertz CT molecular complexity index is 1190. The van der Waals surface area contributed by atoms with Crippen molar-refractivity contribution in [3.05, 3.63) is 41.5 Å². The van der Waals surface area contributed by atoms with Crippen molar-refractivity contribution in [2.75, 3.05) is 33.4 Å². The number of benzene rings is 2. The second-order valence-corrected chi connectivity index (χ2v) is 12.4. The second kappa shape index (κ2) is 12.5. The number of hydrogen-bond donors (Lipinski definition) is 0. The van der Waals surface area contributed by atoms with Gasteiger partial charge in [0.2, 0.25) is 0 Å². The van der Waals surface area contributed by atoms with Gasteiger partial charge in [-0.25, -0.2) is 4.98 Å². The summed E-state index contributed by atoms with van der Waals surface area (Å²) in [5, 5.41) is 0. The number of ether oxygens (including phenoxy) is 2. The van der Waals surface area contributed by atoms with Crippen molar-refractivity contribution in [1.82, 2.24) is 14.5 Å². The van der Waals surface area contributed by atoms with Crippen molar-refractivity contribution >= 4 is 11.0 Å². The molecule has 0 aliphatic carbocycles. The lowest BCUT2D eigenvalue weighted by Gasteiger charge is -2.29. The number of hydrogen-bond acceptors (Lipinski definition) is 4. The van der Waals surface area contributed by atoms with Crippen LogP contribution in [0.25, 0.3) is 22.4 Å². The van der Waals surface area contributed by atoms with E-state index in [0.717, 1.165) is 79.4 Å².